The summed E-state index contributed by atoms with van der Waals surface area (Å²) in [7, 11) is 3.72. The monoisotopic (exact) mass is 332 g/mol. The lowest BCUT2D eigenvalue weighted by molar-refractivity contribution is 0.0939. The van der Waals surface area contributed by atoms with Crippen molar-refractivity contribution in [2.24, 2.45) is 12.5 Å². The number of amides is 1. The average molecular weight is 332 g/mol. The summed E-state index contributed by atoms with van der Waals surface area (Å²) in [6, 6.07) is 0. The van der Waals surface area contributed by atoms with Crippen LogP contribution in [-0.2, 0) is 7.05 Å². The fourth-order valence-corrected chi connectivity index (χ4v) is 3.13. The first-order chi connectivity index (χ1) is 10.8. The van der Waals surface area contributed by atoms with Gasteiger partial charge in [-0.15, -0.1) is 0 Å². The summed E-state index contributed by atoms with van der Waals surface area (Å²) >= 11 is 1.30. The molecule has 0 atom stereocenters. The van der Waals surface area contributed by atoms with Gasteiger partial charge in [-0.05, 0) is 5.41 Å². The minimum Gasteiger partial charge on any atom is -0.371 e. The van der Waals surface area contributed by atoms with E-state index in [0.717, 1.165) is 15.9 Å². The number of nitrogens with zero attached hydrogens (tertiary/aromatic N) is 4. The van der Waals surface area contributed by atoms with E-state index in [2.05, 4.69) is 46.4 Å². The minimum atomic E-state index is -0.163. The summed E-state index contributed by atoms with van der Waals surface area (Å²) < 4.78 is 1.90. The zero-order valence-corrected chi connectivity index (χ0v) is 14.7. The van der Waals surface area contributed by atoms with Crippen LogP contribution in [-0.4, -0.2) is 39.0 Å². The van der Waals surface area contributed by atoms with Gasteiger partial charge in [-0.1, -0.05) is 32.1 Å². The van der Waals surface area contributed by atoms with E-state index >= 15 is 0 Å². The largest absolute Gasteiger partial charge is 0.371 e. The summed E-state index contributed by atoms with van der Waals surface area (Å²) in [5, 5.41) is 6.40. The fourth-order valence-electron chi connectivity index (χ4n) is 2.27. The number of thiazole rings is 1. The van der Waals surface area contributed by atoms with Gasteiger partial charge in [0.1, 0.15) is 21.4 Å². The highest BCUT2D eigenvalue weighted by Crippen LogP contribution is 2.31. The molecule has 122 valence electrons. The maximum Gasteiger partial charge on any atom is 0.280 e. The first-order valence-corrected chi connectivity index (χ1v) is 8.19. The number of pyridine rings is 1. The van der Waals surface area contributed by atoms with Crippen LogP contribution in [0.5, 0.6) is 0 Å². The molecule has 23 heavy (non-hydrogen) atoms. The molecule has 3 heterocycles. The molecular weight excluding hydrogens is 312 g/mol. The predicted octanol–water partition coefficient (Wildman–Crippen LogP) is 2.40. The Labute approximate surface area is 138 Å². The molecule has 0 aliphatic carbocycles. The van der Waals surface area contributed by atoms with Crippen LogP contribution in [0.2, 0.25) is 0 Å². The Morgan fingerprint density at radius 2 is 2.04 bits per heavy atom. The molecule has 1 amide bonds. The SMILES string of the molecule is CNc1nc2sc(C(=O)NCC(C)(C)C)nc2c2c1ncn2C. The Hall–Kier alpha value is -2.22. The molecule has 0 fully saturated rings. The van der Waals surface area contributed by atoms with Crippen molar-refractivity contribution in [3.05, 3.63) is 11.3 Å². The Balaban J connectivity index is 2.06. The van der Waals surface area contributed by atoms with Crippen LogP contribution in [0.3, 0.4) is 0 Å². The molecule has 0 aromatic carbocycles. The minimum absolute atomic E-state index is 0.0270. The molecule has 0 saturated carbocycles. The lowest BCUT2D eigenvalue weighted by Crippen LogP contribution is -2.32. The van der Waals surface area contributed by atoms with Gasteiger partial charge >= 0.3 is 0 Å². The van der Waals surface area contributed by atoms with Crippen molar-refractivity contribution in [2.75, 3.05) is 18.9 Å². The van der Waals surface area contributed by atoms with Gasteiger partial charge in [-0.2, -0.15) is 0 Å². The first-order valence-electron chi connectivity index (χ1n) is 7.37. The van der Waals surface area contributed by atoms with Gasteiger partial charge in [0.25, 0.3) is 5.91 Å². The van der Waals surface area contributed by atoms with Crippen LogP contribution in [0.15, 0.2) is 6.33 Å². The van der Waals surface area contributed by atoms with Gasteiger partial charge in [0.2, 0.25) is 0 Å². The van der Waals surface area contributed by atoms with Gasteiger partial charge < -0.3 is 15.2 Å². The lowest BCUT2D eigenvalue weighted by Gasteiger charge is -2.17. The summed E-state index contributed by atoms with van der Waals surface area (Å²) in [6.07, 6.45) is 1.73. The van der Waals surface area contributed by atoms with E-state index in [0.29, 0.717) is 22.9 Å². The highest BCUT2D eigenvalue weighted by molar-refractivity contribution is 7.20. The van der Waals surface area contributed by atoms with Crippen LogP contribution < -0.4 is 10.6 Å². The molecule has 7 nitrogen and oxygen atoms in total. The van der Waals surface area contributed by atoms with Crippen molar-refractivity contribution in [1.82, 2.24) is 24.8 Å². The highest BCUT2D eigenvalue weighted by Gasteiger charge is 2.20. The molecule has 8 heteroatoms. The van der Waals surface area contributed by atoms with Crippen molar-refractivity contribution in [2.45, 2.75) is 20.8 Å². The van der Waals surface area contributed by atoms with E-state index in [4.69, 9.17) is 0 Å². The van der Waals surface area contributed by atoms with Crippen LogP contribution >= 0.6 is 11.3 Å². The molecule has 0 aliphatic rings. The Morgan fingerprint density at radius 1 is 1.30 bits per heavy atom. The Bertz CT molecular complexity index is 889. The van der Waals surface area contributed by atoms with Gasteiger partial charge in [-0.25, -0.2) is 15.0 Å². The average Bonchev–Trinajstić information content (AvgIpc) is 3.06. The number of carbonyl (C=O) groups excluding carboxylic acids is 1. The van der Waals surface area contributed by atoms with E-state index in [1.165, 1.54) is 11.3 Å². The maximum absolute atomic E-state index is 12.3. The van der Waals surface area contributed by atoms with Crippen LogP contribution in [0.25, 0.3) is 21.4 Å². The van der Waals surface area contributed by atoms with Crippen LogP contribution in [0, 0.1) is 5.41 Å². The van der Waals surface area contributed by atoms with Crippen LogP contribution in [0.1, 0.15) is 30.6 Å². The second-order valence-electron chi connectivity index (χ2n) is 6.68. The summed E-state index contributed by atoms with van der Waals surface area (Å²) in [4.78, 5) is 26.5. The highest BCUT2D eigenvalue weighted by atomic mass is 32.1. The molecule has 0 aliphatic heterocycles. The standard InChI is InChI=1S/C15H20N6OS/c1-15(2,3)6-17-12(22)14-19-9-10-8(18-7-21(10)5)11(16-4)20-13(9)23-14/h7H,6H2,1-5H3,(H,16,20)(H,17,22). The second kappa shape index (κ2) is 5.45. The molecule has 0 spiro atoms. The van der Waals surface area contributed by atoms with E-state index in [1.807, 2.05) is 11.6 Å². The van der Waals surface area contributed by atoms with Crippen molar-refractivity contribution >= 4 is 44.4 Å². The summed E-state index contributed by atoms with van der Waals surface area (Å²) in [6.45, 7) is 6.82. The van der Waals surface area contributed by atoms with Gasteiger partial charge in [0.05, 0.1) is 6.33 Å². The zero-order valence-electron chi connectivity index (χ0n) is 13.9. The van der Waals surface area contributed by atoms with Gasteiger partial charge in [-0.3, -0.25) is 4.79 Å². The van der Waals surface area contributed by atoms with Crippen molar-refractivity contribution < 1.29 is 4.79 Å². The normalized spacial score (nSPS) is 12.0. The molecule has 0 bridgehead atoms. The van der Waals surface area contributed by atoms with Crippen molar-refractivity contribution in [1.29, 1.82) is 0 Å². The number of aromatic nitrogens is 4. The van der Waals surface area contributed by atoms with E-state index in [9.17, 15) is 4.79 Å². The maximum atomic E-state index is 12.3. The molecule has 3 aromatic rings. The third-order valence-corrected chi connectivity index (χ3v) is 4.37. The molecule has 2 N–H and O–H groups in total. The van der Waals surface area contributed by atoms with Gasteiger partial charge in [0.15, 0.2) is 10.8 Å². The smallest absolute Gasteiger partial charge is 0.280 e. The van der Waals surface area contributed by atoms with Crippen molar-refractivity contribution in [3.63, 3.8) is 0 Å². The molecular formula is C15H20N6OS. The fraction of sp³-hybridized carbons (Fsp3) is 0.467. The first kappa shape index (κ1) is 15.7. The number of nitrogens with one attached hydrogen (secondary N) is 2. The Kier molecular flexibility index (Phi) is 3.71. The molecule has 0 radical (unpaired) electrons. The second-order valence-corrected chi connectivity index (χ2v) is 7.66. The number of rotatable bonds is 3. The number of imidazole rings is 1. The topological polar surface area (TPSA) is 84.7 Å². The number of fused-ring (bicyclic) bond motifs is 3. The number of hydrogen-bond acceptors (Lipinski definition) is 6. The third kappa shape index (κ3) is 2.86. The Morgan fingerprint density at radius 3 is 2.70 bits per heavy atom. The zero-order chi connectivity index (χ0) is 16.8. The van der Waals surface area contributed by atoms with E-state index < -0.39 is 0 Å². The summed E-state index contributed by atoms with van der Waals surface area (Å²) in [5.74, 6) is 0.530. The number of aryl methyl sites for hydroxylation is 1. The van der Waals surface area contributed by atoms with E-state index in [1.54, 1.807) is 13.4 Å². The van der Waals surface area contributed by atoms with Crippen LogP contribution in [0.4, 0.5) is 5.82 Å². The lowest BCUT2D eigenvalue weighted by atomic mass is 9.97. The number of hydrogen-bond donors (Lipinski definition) is 2. The van der Waals surface area contributed by atoms with Crippen molar-refractivity contribution in [3.8, 4) is 0 Å². The molecule has 3 rings (SSSR count). The quantitative estimate of drug-likeness (QED) is 0.769. The summed E-state index contributed by atoms with van der Waals surface area (Å²) in [5.41, 5.74) is 2.38. The third-order valence-electron chi connectivity index (χ3n) is 3.42. The predicted molar refractivity (Wildman–Crippen MR) is 93.0 cm³/mol. The molecule has 3 aromatic heterocycles. The van der Waals surface area contributed by atoms with Gasteiger partial charge in [0, 0.05) is 20.6 Å². The number of anilines is 1. The molecule has 0 unspecified atom stereocenters. The number of carbonyl (C=O) groups is 1. The van der Waals surface area contributed by atoms with E-state index in [-0.39, 0.29) is 11.3 Å². The molecule has 0 saturated heterocycles.